The Kier molecular flexibility index (Phi) is 5.05. The number of benzene rings is 1. The molecule has 1 saturated heterocycles. The molecule has 2 unspecified atom stereocenters. The zero-order valence-electron chi connectivity index (χ0n) is 11.9. The Morgan fingerprint density at radius 2 is 2.15 bits per heavy atom. The quantitative estimate of drug-likeness (QED) is 0.874. The summed E-state index contributed by atoms with van der Waals surface area (Å²) in [6, 6.07) is 7.61. The maximum Gasteiger partial charge on any atom is 0.150 e. The van der Waals surface area contributed by atoms with Crippen molar-refractivity contribution >= 4 is 9.84 Å². The van der Waals surface area contributed by atoms with E-state index in [4.69, 9.17) is 10.5 Å². The average molecular weight is 297 g/mol. The van der Waals surface area contributed by atoms with Gasteiger partial charge >= 0.3 is 0 Å². The van der Waals surface area contributed by atoms with E-state index in [1.807, 2.05) is 24.3 Å². The summed E-state index contributed by atoms with van der Waals surface area (Å²) in [5.41, 5.74) is 7.24. The van der Waals surface area contributed by atoms with E-state index in [2.05, 4.69) is 6.92 Å². The molecule has 2 N–H and O–H groups in total. The van der Waals surface area contributed by atoms with Crippen molar-refractivity contribution in [2.24, 2.45) is 11.7 Å². The van der Waals surface area contributed by atoms with Gasteiger partial charge in [0.2, 0.25) is 0 Å². The van der Waals surface area contributed by atoms with Crippen LogP contribution in [0.3, 0.4) is 0 Å². The van der Waals surface area contributed by atoms with Crippen molar-refractivity contribution in [3.05, 3.63) is 29.8 Å². The summed E-state index contributed by atoms with van der Waals surface area (Å²) < 4.78 is 28.7. The molecule has 1 aromatic carbocycles. The lowest BCUT2D eigenvalue weighted by molar-refractivity contribution is 0.310. The molecule has 4 nitrogen and oxygen atoms in total. The molecular formula is C15H23NO3S. The predicted molar refractivity (Wildman–Crippen MR) is 80.5 cm³/mol. The van der Waals surface area contributed by atoms with Crippen molar-refractivity contribution in [2.45, 2.75) is 32.2 Å². The minimum absolute atomic E-state index is 0.165. The van der Waals surface area contributed by atoms with Crippen LogP contribution in [-0.4, -0.2) is 26.5 Å². The van der Waals surface area contributed by atoms with E-state index in [-0.39, 0.29) is 17.7 Å². The van der Waals surface area contributed by atoms with E-state index in [9.17, 15) is 8.42 Å². The molecule has 1 heterocycles. The van der Waals surface area contributed by atoms with Crippen molar-refractivity contribution in [1.29, 1.82) is 0 Å². The molecular weight excluding hydrogens is 274 g/mol. The summed E-state index contributed by atoms with van der Waals surface area (Å²) in [4.78, 5) is 0. The number of para-hydroxylation sites is 1. The molecule has 0 saturated carbocycles. The summed E-state index contributed by atoms with van der Waals surface area (Å²) in [5.74, 6) is 1.58. The van der Waals surface area contributed by atoms with Crippen LogP contribution in [0.1, 0.15) is 37.8 Å². The van der Waals surface area contributed by atoms with Crippen LogP contribution in [0.5, 0.6) is 5.75 Å². The third kappa shape index (κ3) is 3.96. The van der Waals surface area contributed by atoms with Crippen molar-refractivity contribution in [3.8, 4) is 5.75 Å². The molecule has 20 heavy (non-hydrogen) atoms. The van der Waals surface area contributed by atoms with Gasteiger partial charge in [-0.2, -0.15) is 0 Å². The lowest BCUT2D eigenvalue weighted by Crippen LogP contribution is -2.17. The first-order valence-corrected chi connectivity index (χ1v) is 9.01. The smallest absolute Gasteiger partial charge is 0.150 e. The second-order valence-corrected chi connectivity index (χ2v) is 7.73. The first kappa shape index (κ1) is 15.3. The van der Waals surface area contributed by atoms with Crippen molar-refractivity contribution in [1.82, 2.24) is 0 Å². The van der Waals surface area contributed by atoms with Crippen LogP contribution in [0, 0.1) is 5.92 Å². The molecule has 2 rings (SSSR count). The standard InChI is InChI=1S/C15H23NO3S/c1-2-8-19-15-6-4-3-5-13(15)14(16)10-12-7-9-20(17,18)11-12/h3-6,12,14H,2,7-11,16H2,1H3. The first-order chi connectivity index (χ1) is 9.52. The fraction of sp³-hybridized carbons (Fsp3) is 0.600. The van der Waals surface area contributed by atoms with E-state index in [0.717, 1.165) is 24.2 Å². The lowest BCUT2D eigenvalue weighted by Gasteiger charge is -2.19. The van der Waals surface area contributed by atoms with Crippen LogP contribution >= 0.6 is 0 Å². The lowest BCUT2D eigenvalue weighted by atomic mass is 9.94. The van der Waals surface area contributed by atoms with E-state index >= 15 is 0 Å². The second-order valence-electron chi connectivity index (χ2n) is 5.50. The Morgan fingerprint density at radius 1 is 1.40 bits per heavy atom. The van der Waals surface area contributed by atoms with E-state index in [0.29, 0.717) is 18.8 Å². The number of hydrogen-bond acceptors (Lipinski definition) is 4. The Balaban J connectivity index is 2.03. The molecule has 0 aliphatic carbocycles. The van der Waals surface area contributed by atoms with Gasteiger partial charge in [0, 0.05) is 11.6 Å². The highest BCUT2D eigenvalue weighted by atomic mass is 32.2. The van der Waals surface area contributed by atoms with Crippen molar-refractivity contribution in [3.63, 3.8) is 0 Å². The number of sulfone groups is 1. The predicted octanol–water partition coefficient (Wildman–Crippen LogP) is 2.30. The zero-order chi connectivity index (χ0) is 14.6. The number of nitrogens with two attached hydrogens (primary N) is 1. The zero-order valence-corrected chi connectivity index (χ0v) is 12.7. The summed E-state index contributed by atoms with van der Waals surface area (Å²) in [7, 11) is -2.83. The Morgan fingerprint density at radius 3 is 2.80 bits per heavy atom. The summed E-state index contributed by atoms with van der Waals surface area (Å²) >= 11 is 0. The molecule has 0 amide bonds. The van der Waals surface area contributed by atoms with Gasteiger partial charge in [0.05, 0.1) is 18.1 Å². The minimum Gasteiger partial charge on any atom is -0.493 e. The van der Waals surface area contributed by atoms with Gasteiger partial charge in [0.1, 0.15) is 5.75 Å². The van der Waals surface area contributed by atoms with Crippen LogP contribution in [0.25, 0.3) is 0 Å². The maximum atomic E-state index is 11.5. The fourth-order valence-electron chi connectivity index (χ4n) is 2.67. The average Bonchev–Trinajstić information content (AvgIpc) is 2.76. The van der Waals surface area contributed by atoms with Gasteiger partial charge in [-0.25, -0.2) is 8.42 Å². The molecule has 0 spiro atoms. The Bertz CT molecular complexity index is 542. The van der Waals surface area contributed by atoms with Crippen LogP contribution < -0.4 is 10.5 Å². The van der Waals surface area contributed by atoms with Crippen LogP contribution in [0.15, 0.2) is 24.3 Å². The minimum atomic E-state index is -2.83. The highest BCUT2D eigenvalue weighted by Gasteiger charge is 2.29. The Hall–Kier alpha value is -1.07. The maximum absolute atomic E-state index is 11.5. The first-order valence-electron chi connectivity index (χ1n) is 7.19. The molecule has 5 heteroatoms. The third-order valence-corrected chi connectivity index (χ3v) is 5.53. The molecule has 1 aliphatic heterocycles. The molecule has 0 radical (unpaired) electrons. The van der Waals surface area contributed by atoms with E-state index in [1.165, 1.54) is 0 Å². The van der Waals surface area contributed by atoms with Gasteiger partial charge in [-0.05, 0) is 31.2 Å². The second kappa shape index (κ2) is 6.59. The SMILES string of the molecule is CCCOc1ccccc1C(N)CC1CCS(=O)(=O)C1. The largest absolute Gasteiger partial charge is 0.493 e. The third-order valence-electron chi connectivity index (χ3n) is 3.69. The summed E-state index contributed by atoms with van der Waals surface area (Å²) in [6.45, 7) is 2.73. The van der Waals surface area contributed by atoms with Crippen molar-refractivity contribution in [2.75, 3.05) is 18.1 Å². The molecule has 2 atom stereocenters. The topological polar surface area (TPSA) is 69.4 Å². The van der Waals surface area contributed by atoms with Crippen LogP contribution in [0.4, 0.5) is 0 Å². The number of rotatable bonds is 6. The molecule has 0 bridgehead atoms. The van der Waals surface area contributed by atoms with Gasteiger partial charge in [-0.3, -0.25) is 0 Å². The van der Waals surface area contributed by atoms with Crippen molar-refractivity contribution < 1.29 is 13.2 Å². The van der Waals surface area contributed by atoms with E-state index < -0.39 is 9.84 Å². The van der Waals surface area contributed by atoms with Crippen LogP contribution in [0.2, 0.25) is 0 Å². The monoisotopic (exact) mass is 297 g/mol. The molecule has 0 aromatic heterocycles. The van der Waals surface area contributed by atoms with Gasteiger partial charge in [0.25, 0.3) is 0 Å². The van der Waals surface area contributed by atoms with Crippen LogP contribution in [-0.2, 0) is 9.84 Å². The normalized spacial score (nSPS) is 22.6. The molecule has 112 valence electrons. The summed E-state index contributed by atoms with van der Waals surface area (Å²) in [6.07, 6.45) is 2.38. The molecule has 1 aliphatic rings. The molecule has 1 aromatic rings. The highest BCUT2D eigenvalue weighted by Crippen LogP contribution is 2.31. The van der Waals surface area contributed by atoms with Gasteiger partial charge < -0.3 is 10.5 Å². The summed E-state index contributed by atoms with van der Waals surface area (Å²) in [5, 5.41) is 0. The highest BCUT2D eigenvalue weighted by molar-refractivity contribution is 7.91. The van der Waals surface area contributed by atoms with E-state index in [1.54, 1.807) is 0 Å². The molecule has 1 fully saturated rings. The number of hydrogen-bond donors (Lipinski definition) is 1. The van der Waals surface area contributed by atoms with Gasteiger partial charge in [0.15, 0.2) is 9.84 Å². The fourth-order valence-corrected chi connectivity index (χ4v) is 4.55. The van der Waals surface area contributed by atoms with Gasteiger partial charge in [-0.1, -0.05) is 25.1 Å². The van der Waals surface area contributed by atoms with Gasteiger partial charge in [-0.15, -0.1) is 0 Å². The Labute approximate surface area is 121 Å². The number of ether oxygens (including phenoxy) is 1.